The lowest BCUT2D eigenvalue weighted by Gasteiger charge is -2.35. The van der Waals surface area contributed by atoms with Gasteiger partial charge in [0, 0.05) is 32.1 Å². The molecule has 3 nitrogen and oxygen atoms in total. The van der Waals surface area contributed by atoms with Crippen molar-refractivity contribution in [2.45, 2.75) is 57.0 Å². The van der Waals surface area contributed by atoms with E-state index >= 15 is 0 Å². The van der Waals surface area contributed by atoms with E-state index in [-0.39, 0.29) is 5.91 Å². The van der Waals surface area contributed by atoms with Gasteiger partial charge < -0.3 is 5.32 Å². The van der Waals surface area contributed by atoms with Gasteiger partial charge in [0.25, 0.3) is 0 Å². The quantitative estimate of drug-likeness (QED) is 0.926. The number of hydrogen-bond donors (Lipinski definition) is 1. The molecule has 0 radical (unpaired) electrons. The third-order valence-electron chi connectivity index (χ3n) is 5.11. The van der Waals surface area contributed by atoms with E-state index in [1.165, 1.54) is 31.2 Å². The van der Waals surface area contributed by atoms with Crippen LogP contribution in [0.25, 0.3) is 0 Å². The highest BCUT2D eigenvalue weighted by Crippen LogP contribution is 2.35. The van der Waals surface area contributed by atoms with Crippen molar-refractivity contribution in [3.63, 3.8) is 0 Å². The van der Waals surface area contributed by atoms with Crippen LogP contribution in [0.3, 0.4) is 0 Å². The molecule has 114 valence electrons. The number of nitrogens with one attached hydrogen (secondary N) is 1. The van der Waals surface area contributed by atoms with Crippen LogP contribution in [0.4, 0.5) is 0 Å². The van der Waals surface area contributed by atoms with Crippen LogP contribution in [0.5, 0.6) is 0 Å². The van der Waals surface area contributed by atoms with Gasteiger partial charge in [0.2, 0.25) is 5.91 Å². The van der Waals surface area contributed by atoms with Crippen LogP contribution < -0.4 is 5.32 Å². The van der Waals surface area contributed by atoms with Crippen molar-refractivity contribution < 1.29 is 4.79 Å². The van der Waals surface area contributed by atoms with E-state index in [1.54, 1.807) is 6.92 Å². The molecule has 1 atom stereocenters. The second-order valence-corrected chi connectivity index (χ2v) is 6.60. The minimum Gasteiger partial charge on any atom is -0.352 e. The highest BCUT2D eigenvalue weighted by molar-refractivity contribution is 5.73. The van der Waals surface area contributed by atoms with E-state index in [2.05, 4.69) is 40.5 Å². The second-order valence-electron chi connectivity index (χ2n) is 6.60. The van der Waals surface area contributed by atoms with Crippen LogP contribution >= 0.6 is 0 Å². The Balaban J connectivity index is 1.49. The van der Waals surface area contributed by atoms with E-state index in [0.29, 0.717) is 6.04 Å². The van der Waals surface area contributed by atoms with Crippen LogP contribution in [-0.4, -0.2) is 36.0 Å². The molecule has 1 amide bonds. The molecule has 1 aliphatic carbocycles. The first-order valence-electron chi connectivity index (χ1n) is 8.28. The summed E-state index contributed by atoms with van der Waals surface area (Å²) in [6, 6.07) is 12.0. The van der Waals surface area contributed by atoms with Gasteiger partial charge in [0.1, 0.15) is 0 Å². The zero-order chi connectivity index (χ0) is 14.7. The molecular weight excluding hydrogens is 260 g/mol. The molecular formula is C18H26N2O. The predicted molar refractivity (Wildman–Crippen MR) is 85.2 cm³/mol. The van der Waals surface area contributed by atoms with Gasteiger partial charge in [0.05, 0.1) is 0 Å². The van der Waals surface area contributed by atoms with Crippen LogP contribution in [0.15, 0.2) is 30.3 Å². The van der Waals surface area contributed by atoms with E-state index in [0.717, 1.165) is 31.5 Å². The maximum Gasteiger partial charge on any atom is 0.217 e. The van der Waals surface area contributed by atoms with Gasteiger partial charge >= 0.3 is 0 Å². The van der Waals surface area contributed by atoms with Crippen molar-refractivity contribution in [1.82, 2.24) is 10.2 Å². The second kappa shape index (κ2) is 6.61. The smallest absolute Gasteiger partial charge is 0.217 e. The highest BCUT2D eigenvalue weighted by Gasteiger charge is 2.31. The van der Waals surface area contributed by atoms with Crippen LogP contribution in [0.2, 0.25) is 0 Å². The largest absolute Gasteiger partial charge is 0.352 e. The molecule has 3 heteroatoms. The van der Waals surface area contributed by atoms with Gasteiger partial charge in [-0.25, -0.2) is 0 Å². The van der Waals surface area contributed by atoms with E-state index < -0.39 is 0 Å². The fourth-order valence-electron chi connectivity index (χ4n) is 4.02. The van der Waals surface area contributed by atoms with Gasteiger partial charge in [-0.05, 0) is 43.6 Å². The van der Waals surface area contributed by atoms with Crippen molar-refractivity contribution in [3.05, 3.63) is 35.9 Å². The van der Waals surface area contributed by atoms with Gasteiger partial charge in [-0.2, -0.15) is 0 Å². The van der Waals surface area contributed by atoms with E-state index in [1.807, 2.05) is 0 Å². The molecule has 1 saturated heterocycles. The van der Waals surface area contributed by atoms with Crippen molar-refractivity contribution in [2.24, 2.45) is 0 Å². The summed E-state index contributed by atoms with van der Waals surface area (Å²) in [5.74, 6) is 0.853. The Morgan fingerprint density at radius 3 is 2.48 bits per heavy atom. The summed E-state index contributed by atoms with van der Waals surface area (Å²) in [6.45, 7) is 3.81. The average molecular weight is 286 g/mol. The summed E-state index contributed by atoms with van der Waals surface area (Å²) in [5, 5.41) is 3.06. The zero-order valence-corrected chi connectivity index (χ0v) is 12.9. The molecule has 2 aliphatic rings. The number of nitrogens with zero attached hydrogens (tertiary/aromatic N) is 1. The molecule has 21 heavy (non-hydrogen) atoms. The van der Waals surface area contributed by atoms with Crippen molar-refractivity contribution in [1.29, 1.82) is 0 Å². The molecule has 1 saturated carbocycles. The minimum absolute atomic E-state index is 0.106. The molecule has 1 N–H and O–H groups in total. The van der Waals surface area contributed by atoms with Gasteiger partial charge in [0.15, 0.2) is 0 Å². The molecule has 0 bridgehead atoms. The molecule has 1 aromatic carbocycles. The number of likely N-dealkylation sites (tertiary alicyclic amines) is 1. The molecule has 2 fully saturated rings. The van der Waals surface area contributed by atoms with E-state index in [9.17, 15) is 4.79 Å². The Morgan fingerprint density at radius 2 is 1.81 bits per heavy atom. The summed E-state index contributed by atoms with van der Waals surface area (Å²) in [7, 11) is 0. The van der Waals surface area contributed by atoms with Gasteiger partial charge in [-0.1, -0.05) is 30.3 Å². The van der Waals surface area contributed by atoms with Crippen LogP contribution in [0.1, 0.15) is 50.5 Å². The molecule has 1 aliphatic heterocycles. The first kappa shape index (κ1) is 14.6. The number of benzene rings is 1. The highest BCUT2D eigenvalue weighted by atomic mass is 16.1. The minimum atomic E-state index is 0.106. The maximum absolute atomic E-state index is 11.2. The summed E-state index contributed by atoms with van der Waals surface area (Å²) in [4.78, 5) is 13.8. The van der Waals surface area contributed by atoms with Crippen LogP contribution in [0, 0.1) is 0 Å². The maximum atomic E-state index is 11.2. The summed E-state index contributed by atoms with van der Waals surface area (Å²) in [5.41, 5.74) is 1.51. The van der Waals surface area contributed by atoms with Gasteiger partial charge in [-0.15, -0.1) is 0 Å². The standard InChI is InChI=1S/C18H26N2O/c1-14(21)19-17-11-12-20(13-17)18-9-7-16(8-10-18)15-5-3-2-4-6-15/h2-6,16-18H,7-13H2,1H3,(H,19,21)/t16?,17-,18?/m1/s1. The summed E-state index contributed by atoms with van der Waals surface area (Å²) in [6.07, 6.45) is 6.31. The Labute approximate surface area is 127 Å². The first-order valence-corrected chi connectivity index (χ1v) is 8.28. The normalized spacial score (nSPS) is 30.2. The fourth-order valence-corrected chi connectivity index (χ4v) is 4.02. The Hall–Kier alpha value is -1.35. The van der Waals surface area contributed by atoms with Crippen LogP contribution in [-0.2, 0) is 4.79 Å². The molecule has 0 spiro atoms. The molecule has 1 aromatic rings. The lowest BCUT2D eigenvalue weighted by atomic mass is 9.81. The van der Waals surface area contributed by atoms with Crippen molar-refractivity contribution in [2.75, 3.05) is 13.1 Å². The Bertz CT molecular complexity index is 465. The SMILES string of the molecule is CC(=O)N[C@@H]1CCN(C2CCC(c3ccccc3)CC2)C1. The Morgan fingerprint density at radius 1 is 1.10 bits per heavy atom. The lowest BCUT2D eigenvalue weighted by molar-refractivity contribution is -0.119. The number of carbonyl (C=O) groups is 1. The molecule has 0 aromatic heterocycles. The third kappa shape index (κ3) is 3.65. The molecule has 0 unspecified atom stereocenters. The van der Waals surface area contributed by atoms with Gasteiger partial charge in [-0.3, -0.25) is 9.69 Å². The monoisotopic (exact) mass is 286 g/mol. The fraction of sp³-hybridized carbons (Fsp3) is 0.611. The predicted octanol–water partition coefficient (Wildman–Crippen LogP) is 2.92. The lowest BCUT2D eigenvalue weighted by Crippen LogP contribution is -2.40. The zero-order valence-electron chi connectivity index (χ0n) is 12.9. The summed E-state index contributed by atoms with van der Waals surface area (Å²) >= 11 is 0. The Kier molecular flexibility index (Phi) is 4.59. The number of rotatable bonds is 3. The number of carbonyl (C=O) groups excluding carboxylic acids is 1. The first-order chi connectivity index (χ1) is 10.2. The average Bonchev–Trinajstić information content (AvgIpc) is 2.96. The molecule has 1 heterocycles. The third-order valence-corrected chi connectivity index (χ3v) is 5.11. The number of hydrogen-bond acceptors (Lipinski definition) is 2. The summed E-state index contributed by atoms with van der Waals surface area (Å²) < 4.78 is 0. The van der Waals surface area contributed by atoms with E-state index in [4.69, 9.17) is 0 Å². The molecule has 3 rings (SSSR count). The van der Waals surface area contributed by atoms with Crippen molar-refractivity contribution >= 4 is 5.91 Å². The number of amides is 1. The van der Waals surface area contributed by atoms with Crippen molar-refractivity contribution in [3.8, 4) is 0 Å². The topological polar surface area (TPSA) is 32.3 Å².